The Morgan fingerprint density at radius 1 is 1.00 bits per heavy atom. The van der Waals surface area contributed by atoms with Gasteiger partial charge >= 0.3 is 0 Å². The predicted octanol–water partition coefficient (Wildman–Crippen LogP) is 3.51. The van der Waals surface area contributed by atoms with E-state index >= 15 is 0 Å². The molecule has 1 N–H and O–H groups in total. The molecule has 26 heavy (non-hydrogen) atoms. The summed E-state index contributed by atoms with van der Waals surface area (Å²) in [6.07, 6.45) is 3.03. The zero-order valence-corrected chi connectivity index (χ0v) is 16.5. The van der Waals surface area contributed by atoms with Crippen molar-refractivity contribution < 1.29 is 9.59 Å². The average Bonchev–Trinajstić information content (AvgIpc) is 2.64. The summed E-state index contributed by atoms with van der Waals surface area (Å²) in [6, 6.07) is 5.03. The van der Waals surface area contributed by atoms with E-state index in [1.54, 1.807) is 18.2 Å². The smallest absolute Gasteiger partial charge is 0.227 e. The first-order valence-corrected chi connectivity index (χ1v) is 9.93. The van der Waals surface area contributed by atoms with Crippen molar-refractivity contribution in [3.8, 4) is 0 Å². The van der Waals surface area contributed by atoms with Gasteiger partial charge in [0.05, 0.1) is 10.7 Å². The van der Waals surface area contributed by atoms with Crippen LogP contribution in [0.5, 0.6) is 0 Å². The first-order valence-electron chi connectivity index (χ1n) is 9.17. The largest absolute Gasteiger partial charge is 0.340 e. The molecule has 0 bridgehead atoms. The van der Waals surface area contributed by atoms with Crippen LogP contribution in [0.3, 0.4) is 0 Å². The summed E-state index contributed by atoms with van der Waals surface area (Å²) >= 11 is 12.0. The molecule has 0 aromatic heterocycles. The Bertz CT molecular complexity index is 667. The number of amides is 2. The van der Waals surface area contributed by atoms with E-state index in [4.69, 9.17) is 23.2 Å². The van der Waals surface area contributed by atoms with Crippen LogP contribution in [0, 0.1) is 11.8 Å². The van der Waals surface area contributed by atoms with Gasteiger partial charge in [0.15, 0.2) is 0 Å². The maximum atomic E-state index is 12.7. The van der Waals surface area contributed by atoms with Gasteiger partial charge < -0.3 is 15.1 Å². The van der Waals surface area contributed by atoms with Crippen LogP contribution < -0.4 is 5.32 Å². The van der Waals surface area contributed by atoms with Gasteiger partial charge in [0.25, 0.3) is 0 Å². The van der Waals surface area contributed by atoms with E-state index in [1.165, 1.54) is 0 Å². The third kappa shape index (κ3) is 4.70. The number of benzene rings is 1. The molecule has 0 radical (unpaired) electrons. The van der Waals surface area contributed by atoms with Crippen molar-refractivity contribution >= 4 is 40.7 Å². The van der Waals surface area contributed by atoms with Crippen molar-refractivity contribution in [2.24, 2.45) is 11.8 Å². The number of carbonyl (C=O) groups excluding carboxylic acids is 2. The van der Waals surface area contributed by atoms with Crippen LogP contribution in [-0.2, 0) is 9.59 Å². The molecule has 1 heterocycles. The van der Waals surface area contributed by atoms with E-state index in [-0.39, 0.29) is 23.7 Å². The normalized spacial score (nSPS) is 24.3. The van der Waals surface area contributed by atoms with Crippen molar-refractivity contribution in [2.75, 3.05) is 38.5 Å². The second kappa shape index (κ2) is 8.59. The van der Waals surface area contributed by atoms with Gasteiger partial charge in [-0.2, -0.15) is 0 Å². The molecule has 0 unspecified atom stereocenters. The fourth-order valence-corrected chi connectivity index (χ4v) is 4.17. The number of carbonyl (C=O) groups is 2. The summed E-state index contributed by atoms with van der Waals surface area (Å²) in [4.78, 5) is 29.4. The van der Waals surface area contributed by atoms with Crippen LogP contribution in [0.1, 0.15) is 25.7 Å². The highest BCUT2D eigenvalue weighted by Crippen LogP contribution is 2.32. The SMILES string of the molecule is CN1CCN(C(=O)C2CCC(C(=O)Nc3ccc(Cl)cc3Cl)CC2)CC1. The molecule has 0 spiro atoms. The molecule has 1 aliphatic carbocycles. The Labute approximate surface area is 164 Å². The molecule has 1 aliphatic heterocycles. The average molecular weight is 398 g/mol. The molecule has 3 rings (SSSR count). The van der Waals surface area contributed by atoms with E-state index in [0.717, 1.165) is 51.9 Å². The van der Waals surface area contributed by atoms with Gasteiger partial charge in [0, 0.05) is 43.0 Å². The van der Waals surface area contributed by atoms with Crippen molar-refractivity contribution in [3.05, 3.63) is 28.2 Å². The summed E-state index contributed by atoms with van der Waals surface area (Å²) in [5.74, 6) is 0.220. The number of likely N-dealkylation sites (N-methyl/N-ethyl adjacent to an activating group) is 1. The highest BCUT2D eigenvalue weighted by atomic mass is 35.5. The molecule has 1 saturated heterocycles. The molecule has 2 amide bonds. The number of nitrogens with one attached hydrogen (secondary N) is 1. The Balaban J connectivity index is 1.50. The summed E-state index contributed by atoms with van der Waals surface area (Å²) in [7, 11) is 2.08. The maximum Gasteiger partial charge on any atom is 0.227 e. The van der Waals surface area contributed by atoms with Crippen LogP contribution in [0.15, 0.2) is 18.2 Å². The molecule has 0 atom stereocenters. The van der Waals surface area contributed by atoms with E-state index in [1.807, 2.05) is 4.90 Å². The minimum Gasteiger partial charge on any atom is -0.340 e. The summed E-state index contributed by atoms with van der Waals surface area (Å²) in [5, 5.41) is 3.86. The topological polar surface area (TPSA) is 52.7 Å². The molecule has 7 heteroatoms. The number of hydrogen-bond acceptors (Lipinski definition) is 3. The van der Waals surface area contributed by atoms with E-state index in [9.17, 15) is 9.59 Å². The molecule has 1 saturated carbocycles. The van der Waals surface area contributed by atoms with Crippen molar-refractivity contribution in [1.82, 2.24) is 9.80 Å². The number of halogens is 2. The van der Waals surface area contributed by atoms with Gasteiger partial charge in [-0.15, -0.1) is 0 Å². The Hall–Kier alpha value is -1.30. The quantitative estimate of drug-likeness (QED) is 0.848. The van der Waals surface area contributed by atoms with Crippen LogP contribution in [-0.4, -0.2) is 54.8 Å². The van der Waals surface area contributed by atoms with Crippen molar-refractivity contribution in [1.29, 1.82) is 0 Å². The lowest BCUT2D eigenvalue weighted by Gasteiger charge is -2.36. The molecule has 2 fully saturated rings. The fraction of sp³-hybridized carbons (Fsp3) is 0.579. The predicted molar refractivity (Wildman–Crippen MR) is 105 cm³/mol. The lowest BCUT2D eigenvalue weighted by atomic mass is 9.80. The minimum atomic E-state index is -0.0710. The Morgan fingerprint density at radius 2 is 1.62 bits per heavy atom. The first-order chi connectivity index (χ1) is 12.4. The molecule has 1 aromatic carbocycles. The molecular weight excluding hydrogens is 373 g/mol. The van der Waals surface area contributed by atoms with Crippen LogP contribution in [0.2, 0.25) is 10.0 Å². The Morgan fingerprint density at radius 3 is 2.23 bits per heavy atom. The van der Waals surface area contributed by atoms with Gasteiger partial charge in [-0.1, -0.05) is 23.2 Å². The number of nitrogens with zero attached hydrogens (tertiary/aromatic N) is 2. The zero-order chi connectivity index (χ0) is 18.7. The Kier molecular flexibility index (Phi) is 6.43. The van der Waals surface area contributed by atoms with E-state index < -0.39 is 0 Å². The third-order valence-corrected chi connectivity index (χ3v) is 6.00. The van der Waals surface area contributed by atoms with Gasteiger partial charge in [0.1, 0.15) is 0 Å². The van der Waals surface area contributed by atoms with E-state index in [2.05, 4.69) is 17.3 Å². The second-order valence-electron chi connectivity index (χ2n) is 7.29. The van der Waals surface area contributed by atoms with Crippen LogP contribution in [0.25, 0.3) is 0 Å². The number of piperazine rings is 1. The lowest BCUT2D eigenvalue weighted by Crippen LogP contribution is -2.49. The number of anilines is 1. The lowest BCUT2D eigenvalue weighted by molar-refractivity contribution is -0.139. The van der Waals surface area contributed by atoms with Crippen molar-refractivity contribution in [3.63, 3.8) is 0 Å². The van der Waals surface area contributed by atoms with E-state index in [0.29, 0.717) is 15.7 Å². The van der Waals surface area contributed by atoms with Gasteiger partial charge in [-0.3, -0.25) is 9.59 Å². The molecule has 142 valence electrons. The summed E-state index contributed by atoms with van der Waals surface area (Å²) in [6.45, 7) is 3.49. The fourth-order valence-electron chi connectivity index (χ4n) is 3.71. The van der Waals surface area contributed by atoms with Crippen LogP contribution in [0.4, 0.5) is 5.69 Å². The van der Waals surface area contributed by atoms with Crippen molar-refractivity contribution in [2.45, 2.75) is 25.7 Å². The van der Waals surface area contributed by atoms with Gasteiger partial charge in [0.2, 0.25) is 11.8 Å². The highest BCUT2D eigenvalue weighted by molar-refractivity contribution is 6.36. The van der Waals surface area contributed by atoms with Gasteiger partial charge in [-0.05, 0) is 50.9 Å². The maximum absolute atomic E-state index is 12.7. The highest BCUT2D eigenvalue weighted by Gasteiger charge is 2.33. The zero-order valence-electron chi connectivity index (χ0n) is 15.0. The molecular formula is C19H25Cl2N3O2. The first kappa shape index (κ1) is 19.5. The molecule has 2 aliphatic rings. The molecule has 5 nitrogen and oxygen atoms in total. The standard InChI is InChI=1S/C19H25Cl2N3O2/c1-23-8-10-24(11-9-23)19(26)14-4-2-13(3-5-14)18(25)22-17-7-6-15(20)12-16(17)21/h6-7,12-14H,2-5,8-11H2,1H3,(H,22,25). The minimum absolute atomic E-state index is 0.0280. The summed E-state index contributed by atoms with van der Waals surface area (Å²) in [5.41, 5.74) is 0.580. The molecule has 1 aromatic rings. The monoisotopic (exact) mass is 397 g/mol. The summed E-state index contributed by atoms with van der Waals surface area (Å²) < 4.78 is 0. The number of rotatable bonds is 3. The second-order valence-corrected chi connectivity index (χ2v) is 8.13. The number of hydrogen-bond donors (Lipinski definition) is 1. The van der Waals surface area contributed by atoms with Crippen LogP contribution >= 0.6 is 23.2 Å². The third-order valence-electron chi connectivity index (χ3n) is 5.45. The van der Waals surface area contributed by atoms with Gasteiger partial charge in [-0.25, -0.2) is 0 Å².